The van der Waals surface area contributed by atoms with Crippen molar-refractivity contribution in [1.29, 1.82) is 0 Å². The Morgan fingerprint density at radius 3 is 2.53 bits per heavy atom. The van der Waals surface area contributed by atoms with Gasteiger partial charge in [0.05, 0.1) is 0 Å². The van der Waals surface area contributed by atoms with Gasteiger partial charge in [-0.05, 0) is 11.1 Å². The first-order chi connectivity index (χ1) is 8.31. The van der Waals surface area contributed by atoms with Gasteiger partial charge in [-0.15, -0.1) is 11.6 Å². The Morgan fingerprint density at radius 2 is 1.94 bits per heavy atom. The molecule has 0 saturated carbocycles. The van der Waals surface area contributed by atoms with Gasteiger partial charge < -0.3 is 5.32 Å². The highest BCUT2D eigenvalue weighted by molar-refractivity contribution is 7.09. The van der Waals surface area contributed by atoms with Crippen LogP contribution in [0.15, 0.2) is 24.3 Å². The Balaban J connectivity index is 1.92. The van der Waals surface area contributed by atoms with Crippen molar-refractivity contribution in [1.82, 2.24) is 9.36 Å². The molecule has 0 aliphatic rings. The molecule has 1 aromatic carbocycles. The molecule has 17 heavy (non-hydrogen) atoms. The van der Waals surface area contributed by atoms with Crippen LogP contribution in [0.25, 0.3) is 0 Å². The zero-order chi connectivity index (χ0) is 12.1. The first-order valence-electron chi connectivity index (χ1n) is 5.52. The van der Waals surface area contributed by atoms with Crippen molar-refractivity contribution in [3.8, 4) is 0 Å². The molecule has 1 N–H and O–H groups in total. The monoisotopic (exact) mass is 267 g/mol. The first kappa shape index (κ1) is 12.3. The number of alkyl halides is 1. The highest BCUT2D eigenvalue weighted by Crippen LogP contribution is 2.13. The Kier molecular flexibility index (Phi) is 4.34. The predicted molar refractivity (Wildman–Crippen MR) is 72.6 cm³/mol. The number of rotatable bonds is 5. The number of nitrogens with zero attached hydrogens (tertiary/aromatic N) is 2. The van der Waals surface area contributed by atoms with Crippen molar-refractivity contribution in [3.05, 3.63) is 41.2 Å². The normalized spacial score (nSPS) is 10.5. The maximum absolute atomic E-state index is 5.74. The second kappa shape index (κ2) is 5.98. The standard InChI is InChI=1S/C12H14ClN3S/c1-2-11-15-12(17-16-11)14-8-10-5-3-9(7-13)4-6-10/h3-6H,2,7-8H2,1H3,(H,14,15,16). The van der Waals surface area contributed by atoms with E-state index in [0.717, 1.165) is 29.5 Å². The summed E-state index contributed by atoms with van der Waals surface area (Å²) in [6.45, 7) is 2.82. The highest BCUT2D eigenvalue weighted by Gasteiger charge is 2.01. The second-order valence-electron chi connectivity index (χ2n) is 3.67. The van der Waals surface area contributed by atoms with Crippen LogP contribution in [0.4, 0.5) is 5.13 Å². The number of hydrogen-bond donors (Lipinski definition) is 1. The van der Waals surface area contributed by atoms with Crippen LogP contribution >= 0.6 is 23.1 Å². The number of benzene rings is 1. The van der Waals surface area contributed by atoms with E-state index in [1.54, 1.807) is 0 Å². The molecule has 2 rings (SSSR count). The summed E-state index contributed by atoms with van der Waals surface area (Å²) in [4.78, 5) is 4.35. The summed E-state index contributed by atoms with van der Waals surface area (Å²) in [5.41, 5.74) is 2.35. The molecule has 0 aliphatic carbocycles. The molecule has 0 bridgehead atoms. The van der Waals surface area contributed by atoms with Crippen molar-refractivity contribution in [2.24, 2.45) is 0 Å². The number of aromatic nitrogens is 2. The van der Waals surface area contributed by atoms with Crippen molar-refractivity contribution in [2.75, 3.05) is 5.32 Å². The Bertz CT molecular complexity index is 467. The number of hydrogen-bond acceptors (Lipinski definition) is 4. The summed E-state index contributed by atoms with van der Waals surface area (Å²) in [5.74, 6) is 1.46. The third kappa shape index (κ3) is 3.41. The van der Waals surface area contributed by atoms with Crippen LogP contribution < -0.4 is 5.32 Å². The summed E-state index contributed by atoms with van der Waals surface area (Å²) in [6, 6.07) is 8.24. The van der Waals surface area contributed by atoms with Gasteiger partial charge in [-0.3, -0.25) is 0 Å². The number of halogens is 1. The highest BCUT2D eigenvalue weighted by atomic mass is 35.5. The third-order valence-corrected chi connectivity index (χ3v) is 3.42. The largest absolute Gasteiger partial charge is 0.356 e. The van der Waals surface area contributed by atoms with E-state index < -0.39 is 0 Å². The lowest BCUT2D eigenvalue weighted by atomic mass is 10.1. The minimum Gasteiger partial charge on any atom is -0.356 e. The quantitative estimate of drug-likeness (QED) is 0.843. The average molecular weight is 268 g/mol. The zero-order valence-corrected chi connectivity index (χ0v) is 11.2. The van der Waals surface area contributed by atoms with Gasteiger partial charge in [0.1, 0.15) is 5.82 Å². The van der Waals surface area contributed by atoms with Crippen LogP contribution in [0.2, 0.25) is 0 Å². The molecule has 0 aliphatic heterocycles. The molecule has 0 atom stereocenters. The predicted octanol–water partition coefficient (Wildman–Crippen LogP) is 3.45. The van der Waals surface area contributed by atoms with E-state index in [0.29, 0.717) is 5.88 Å². The molecule has 0 saturated heterocycles. The fourth-order valence-corrected chi connectivity index (χ4v) is 2.22. The molecule has 90 valence electrons. The SMILES string of the molecule is CCc1nsc(NCc2ccc(CCl)cc2)n1. The molecule has 3 nitrogen and oxygen atoms in total. The van der Waals surface area contributed by atoms with Gasteiger partial charge in [0.15, 0.2) is 0 Å². The maximum Gasteiger partial charge on any atom is 0.202 e. The molecule has 0 fully saturated rings. The van der Waals surface area contributed by atoms with Gasteiger partial charge >= 0.3 is 0 Å². The average Bonchev–Trinajstić information content (AvgIpc) is 2.85. The first-order valence-corrected chi connectivity index (χ1v) is 6.83. The number of nitrogens with one attached hydrogen (secondary N) is 1. The molecule has 2 aromatic rings. The molecular formula is C12H14ClN3S. The Morgan fingerprint density at radius 1 is 1.24 bits per heavy atom. The van der Waals surface area contributed by atoms with Crippen LogP contribution in [-0.2, 0) is 18.8 Å². The number of aryl methyl sites for hydroxylation is 1. The van der Waals surface area contributed by atoms with E-state index >= 15 is 0 Å². The van der Waals surface area contributed by atoms with Gasteiger partial charge in [0, 0.05) is 30.4 Å². The van der Waals surface area contributed by atoms with E-state index in [-0.39, 0.29) is 0 Å². The fraction of sp³-hybridized carbons (Fsp3) is 0.333. The lowest BCUT2D eigenvalue weighted by Crippen LogP contribution is -1.99. The summed E-state index contributed by atoms with van der Waals surface area (Å²) in [7, 11) is 0. The molecular weight excluding hydrogens is 254 g/mol. The van der Waals surface area contributed by atoms with Gasteiger partial charge in [0.25, 0.3) is 0 Å². The van der Waals surface area contributed by atoms with E-state index in [1.807, 2.05) is 12.1 Å². The van der Waals surface area contributed by atoms with Gasteiger partial charge in [0.2, 0.25) is 5.13 Å². The van der Waals surface area contributed by atoms with Crippen LogP contribution in [0, 0.1) is 0 Å². The molecule has 0 amide bonds. The Hall–Kier alpha value is -1.13. The van der Waals surface area contributed by atoms with E-state index in [4.69, 9.17) is 11.6 Å². The lowest BCUT2D eigenvalue weighted by molar-refractivity contribution is 0.992. The Labute approximate surface area is 110 Å². The molecule has 0 radical (unpaired) electrons. The van der Waals surface area contributed by atoms with Crippen molar-refractivity contribution in [3.63, 3.8) is 0 Å². The van der Waals surface area contributed by atoms with Gasteiger partial charge in [-0.1, -0.05) is 31.2 Å². The molecule has 1 heterocycles. The van der Waals surface area contributed by atoms with Crippen LogP contribution in [0.3, 0.4) is 0 Å². The van der Waals surface area contributed by atoms with Crippen molar-refractivity contribution < 1.29 is 0 Å². The minimum absolute atomic E-state index is 0.559. The fourth-order valence-electron chi connectivity index (χ4n) is 1.39. The van der Waals surface area contributed by atoms with Gasteiger partial charge in [-0.25, -0.2) is 4.98 Å². The summed E-state index contributed by atoms with van der Waals surface area (Å²) < 4.78 is 4.22. The molecule has 0 unspecified atom stereocenters. The van der Waals surface area contributed by atoms with Crippen molar-refractivity contribution >= 4 is 28.3 Å². The van der Waals surface area contributed by atoms with E-state index in [9.17, 15) is 0 Å². The van der Waals surface area contributed by atoms with Crippen LogP contribution in [0.1, 0.15) is 23.9 Å². The molecule has 5 heteroatoms. The minimum atomic E-state index is 0.559. The van der Waals surface area contributed by atoms with E-state index in [2.05, 4.69) is 33.7 Å². The molecule has 1 aromatic heterocycles. The maximum atomic E-state index is 5.74. The lowest BCUT2D eigenvalue weighted by Gasteiger charge is -2.03. The van der Waals surface area contributed by atoms with Gasteiger partial charge in [-0.2, -0.15) is 4.37 Å². The third-order valence-electron chi connectivity index (χ3n) is 2.41. The zero-order valence-electron chi connectivity index (χ0n) is 9.61. The summed E-state index contributed by atoms with van der Waals surface area (Å²) >= 11 is 7.15. The second-order valence-corrected chi connectivity index (χ2v) is 4.69. The summed E-state index contributed by atoms with van der Waals surface area (Å²) in [6.07, 6.45) is 0.878. The number of anilines is 1. The smallest absolute Gasteiger partial charge is 0.202 e. The van der Waals surface area contributed by atoms with Crippen LogP contribution in [0.5, 0.6) is 0 Å². The van der Waals surface area contributed by atoms with Crippen LogP contribution in [-0.4, -0.2) is 9.36 Å². The van der Waals surface area contributed by atoms with E-state index in [1.165, 1.54) is 17.1 Å². The summed E-state index contributed by atoms with van der Waals surface area (Å²) in [5, 5.41) is 4.14. The topological polar surface area (TPSA) is 37.8 Å². The molecule has 0 spiro atoms. The van der Waals surface area contributed by atoms with Crippen molar-refractivity contribution in [2.45, 2.75) is 25.8 Å².